The maximum absolute atomic E-state index is 10.4. The van der Waals surface area contributed by atoms with Gasteiger partial charge in [0.05, 0.1) is 5.69 Å². The normalized spacial score (nSPS) is 11.5. The van der Waals surface area contributed by atoms with Crippen LogP contribution >= 0.6 is 0 Å². The second-order valence-corrected chi connectivity index (χ2v) is 4.07. The van der Waals surface area contributed by atoms with Gasteiger partial charge in [-0.25, -0.2) is 0 Å². The summed E-state index contributed by atoms with van der Waals surface area (Å²) in [6, 6.07) is 3.99. The summed E-state index contributed by atoms with van der Waals surface area (Å²) >= 11 is 0. The van der Waals surface area contributed by atoms with Crippen molar-refractivity contribution in [2.45, 2.75) is 5.75 Å². The smallest absolute Gasteiger partial charge is 0.269 e. The van der Waals surface area contributed by atoms with E-state index < -0.39 is 15.9 Å². The Hall–Kier alpha value is -1.27. The van der Waals surface area contributed by atoms with E-state index in [0.29, 0.717) is 0 Å². The van der Waals surface area contributed by atoms with Crippen molar-refractivity contribution in [3.63, 3.8) is 0 Å². The van der Waals surface area contributed by atoms with Gasteiger partial charge in [-0.15, -0.1) is 0 Å². The van der Waals surface area contributed by atoms with Crippen LogP contribution in [-0.4, -0.2) is 18.1 Å². The fourth-order valence-electron chi connectivity index (χ4n) is 0.890. The van der Waals surface area contributed by atoms with Gasteiger partial charge < -0.3 is 10.8 Å². The Labute approximate surface area is 75.6 Å². The molecule has 4 N–H and O–H groups in total. The molecule has 0 saturated heterocycles. The van der Waals surface area contributed by atoms with E-state index in [2.05, 4.69) is 0 Å². The summed E-state index contributed by atoms with van der Waals surface area (Å²) in [5, 5.41) is 9.10. The molecule has 0 saturated carbocycles. The molecule has 0 bridgehead atoms. The highest BCUT2D eigenvalue weighted by Gasteiger charge is 2.07. The van der Waals surface area contributed by atoms with E-state index in [1.165, 1.54) is 18.2 Å². The molecular weight excluding hydrogens is 194 g/mol. The highest BCUT2D eigenvalue weighted by molar-refractivity contribution is 7.85. The number of anilines is 1. The SMILES string of the molecule is Nc1ccc(CS(=O)(=O)O)cc1O. The molecule has 0 aromatic heterocycles. The summed E-state index contributed by atoms with van der Waals surface area (Å²) in [6.07, 6.45) is 0. The van der Waals surface area contributed by atoms with E-state index in [0.717, 1.165) is 0 Å². The third kappa shape index (κ3) is 2.92. The minimum atomic E-state index is -4.06. The standard InChI is InChI=1S/C7H9NO4S/c8-6-2-1-5(3-7(6)9)4-13(10,11)12/h1-3,9H,4,8H2,(H,10,11,12). The van der Waals surface area contributed by atoms with Crippen molar-refractivity contribution in [1.82, 2.24) is 0 Å². The van der Waals surface area contributed by atoms with Crippen LogP contribution in [0.5, 0.6) is 5.75 Å². The third-order valence-corrected chi connectivity index (χ3v) is 2.14. The van der Waals surface area contributed by atoms with E-state index >= 15 is 0 Å². The first-order valence-corrected chi connectivity index (χ1v) is 5.02. The van der Waals surface area contributed by atoms with E-state index in [4.69, 9.17) is 15.4 Å². The summed E-state index contributed by atoms with van der Waals surface area (Å²) in [7, 11) is -4.06. The first kappa shape index (κ1) is 9.82. The molecule has 0 atom stereocenters. The topological polar surface area (TPSA) is 101 Å². The maximum atomic E-state index is 10.4. The maximum Gasteiger partial charge on any atom is 0.269 e. The molecule has 0 aliphatic heterocycles. The van der Waals surface area contributed by atoms with E-state index in [-0.39, 0.29) is 17.0 Å². The van der Waals surface area contributed by atoms with Crippen LogP contribution in [0.3, 0.4) is 0 Å². The number of phenolic OH excluding ortho intramolecular Hbond substituents is 1. The quantitative estimate of drug-likeness (QED) is 0.366. The average Bonchev–Trinajstić information content (AvgIpc) is 1.94. The molecule has 0 unspecified atom stereocenters. The predicted molar refractivity (Wildman–Crippen MR) is 47.8 cm³/mol. The van der Waals surface area contributed by atoms with Gasteiger partial charge in [-0.3, -0.25) is 4.55 Å². The first-order valence-electron chi connectivity index (χ1n) is 3.41. The first-order chi connectivity index (χ1) is 5.88. The number of nitrogens with two attached hydrogens (primary N) is 1. The minimum absolute atomic E-state index is 0.166. The lowest BCUT2D eigenvalue weighted by molar-refractivity contribution is 0.476. The second-order valence-electron chi connectivity index (χ2n) is 2.62. The van der Waals surface area contributed by atoms with Crippen molar-refractivity contribution < 1.29 is 18.1 Å². The fraction of sp³-hybridized carbons (Fsp3) is 0.143. The Morgan fingerprint density at radius 3 is 2.46 bits per heavy atom. The second kappa shape index (κ2) is 3.23. The summed E-state index contributed by atoms with van der Waals surface area (Å²) in [5.74, 6) is -0.720. The van der Waals surface area contributed by atoms with Crippen molar-refractivity contribution in [3.8, 4) is 5.75 Å². The number of nitrogen functional groups attached to an aromatic ring is 1. The highest BCUT2D eigenvalue weighted by atomic mass is 32.2. The number of phenols is 1. The molecule has 0 heterocycles. The van der Waals surface area contributed by atoms with Crippen LogP contribution < -0.4 is 5.73 Å². The predicted octanol–water partition coefficient (Wildman–Crippen LogP) is 0.362. The molecular formula is C7H9NO4S. The fourth-order valence-corrected chi connectivity index (χ4v) is 1.49. The van der Waals surface area contributed by atoms with Crippen molar-refractivity contribution in [2.75, 3.05) is 5.73 Å². The van der Waals surface area contributed by atoms with Crippen molar-refractivity contribution in [1.29, 1.82) is 0 Å². The largest absolute Gasteiger partial charge is 0.506 e. The summed E-state index contributed by atoms with van der Waals surface area (Å²) in [5.41, 5.74) is 5.74. The molecule has 5 nitrogen and oxygen atoms in total. The van der Waals surface area contributed by atoms with Gasteiger partial charge in [-0.1, -0.05) is 6.07 Å². The van der Waals surface area contributed by atoms with Crippen LogP contribution in [0.4, 0.5) is 5.69 Å². The Balaban J connectivity index is 2.99. The van der Waals surface area contributed by atoms with Gasteiger partial charge in [-0.05, 0) is 17.7 Å². The molecule has 1 aromatic carbocycles. The summed E-state index contributed by atoms with van der Waals surface area (Å²) < 4.78 is 29.4. The Morgan fingerprint density at radius 1 is 1.38 bits per heavy atom. The number of aromatic hydroxyl groups is 1. The van der Waals surface area contributed by atoms with Crippen LogP contribution in [0.15, 0.2) is 18.2 Å². The van der Waals surface area contributed by atoms with Gasteiger partial charge >= 0.3 is 0 Å². The summed E-state index contributed by atoms with van der Waals surface area (Å²) in [6.45, 7) is 0. The molecule has 0 spiro atoms. The molecule has 0 amide bonds. The molecule has 0 radical (unpaired) electrons. The molecule has 0 fully saturated rings. The van der Waals surface area contributed by atoms with Crippen molar-refractivity contribution in [3.05, 3.63) is 23.8 Å². The van der Waals surface area contributed by atoms with Crippen LogP contribution in [-0.2, 0) is 15.9 Å². The van der Waals surface area contributed by atoms with Crippen LogP contribution in [0.2, 0.25) is 0 Å². The van der Waals surface area contributed by atoms with Crippen LogP contribution in [0.1, 0.15) is 5.56 Å². The lowest BCUT2D eigenvalue weighted by Crippen LogP contribution is -2.01. The van der Waals surface area contributed by atoms with Gasteiger partial charge in [-0.2, -0.15) is 8.42 Å². The van der Waals surface area contributed by atoms with Gasteiger partial charge in [0.25, 0.3) is 10.1 Å². The van der Waals surface area contributed by atoms with E-state index in [1.807, 2.05) is 0 Å². The molecule has 6 heteroatoms. The van der Waals surface area contributed by atoms with Gasteiger partial charge in [0.1, 0.15) is 11.5 Å². The average molecular weight is 203 g/mol. The zero-order valence-corrected chi connectivity index (χ0v) is 7.45. The number of hydrogen-bond acceptors (Lipinski definition) is 4. The Bertz CT molecular complexity index is 413. The van der Waals surface area contributed by atoms with E-state index in [1.54, 1.807) is 0 Å². The molecule has 1 aromatic rings. The number of hydrogen-bond donors (Lipinski definition) is 3. The highest BCUT2D eigenvalue weighted by Crippen LogP contribution is 2.21. The minimum Gasteiger partial charge on any atom is -0.506 e. The van der Waals surface area contributed by atoms with Gasteiger partial charge in [0.2, 0.25) is 0 Å². The monoisotopic (exact) mass is 203 g/mol. The zero-order chi connectivity index (χ0) is 10.1. The van der Waals surface area contributed by atoms with Crippen molar-refractivity contribution in [2.24, 2.45) is 0 Å². The van der Waals surface area contributed by atoms with Crippen LogP contribution in [0, 0.1) is 0 Å². The molecule has 72 valence electrons. The Morgan fingerprint density at radius 2 is 2.00 bits per heavy atom. The van der Waals surface area contributed by atoms with E-state index in [9.17, 15) is 8.42 Å². The molecule has 13 heavy (non-hydrogen) atoms. The number of rotatable bonds is 2. The third-order valence-electron chi connectivity index (χ3n) is 1.44. The molecule has 0 aliphatic rings. The lowest BCUT2D eigenvalue weighted by atomic mass is 10.2. The van der Waals surface area contributed by atoms with Crippen LogP contribution in [0.25, 0.3) is 0 Å². The molecule has 1 rings (SSSR count). The van der Waals surface area contributed by atoms with Gasteiger partial charge in [0.15, 0.2) is 0 Å². The zero-order valence-electron chi connectivity index (χ0n) is 6.64. The Kier molecular flexibility index (Phi) is 2.44. The van der Waals surface area contributed by atoms with Gasteiger partial charge in [0, 0.05) is 0 Å². The van der Waals surface area contributed by atoms with Crippen molar-refractivity contribution >= 4 is 15.8 Å². The number of benzene rings is 1. The molecule has 0 aliphatic carbocycles. The lowest BCUT2D eigenvalue weighted by Gasteiger charge is -2.01. The summed E-state index contributed by atoms with van der Waals surface area (Å²) in [4.78, 5) is 0.